The van der Waals surface area contributed by atoms with E-state index in [1.807, 2.05) is 0 Å². The third-order valence-corrected chi connectivity index (χ3v) is 16.4. The largest absolute Gasteiger partial charge is 0.309 e. The number of rotatable bonds is 6. The maximum absolute atomic E-state index is 5.73. The molecule has 6 heteroatoms. The van der Waals surface area contributed by atoms with E-state index in [9.17, 15) is 0 Å². The zero-order valence-corrected chi connectivity index (χ0v) is 40.6. The molecule has 0 aliphatic rings. The third kappa shape index (κ3) is 6.09. The van der Waals surface area contributed by atoms with Crippen molar-refractivity contribution in [2.24, 2.45) is 0 Å². The molecule has 0 radical (unpaired) electrons. The minimum absolute atomic E-state index is 0.642. The second-order valence-electron chi connectivity index (χ2n) is 19.3. The van der Waals surface area contributed by atoms with Gasteiger partial charge in [0.2, 0.25) is 5.95 Å². The Labute approximate surface area is 428 Å². The standard InChI is InChI=1S/C68H41N5S/c1-4-18-44(19-5-1)63-41-57-67(74-63)65(47-32-36-59-54(40-47)52-26-14-15-27-58(52)71(59)48-20-6-2-7-21-48)70-68(69-57)73-60-34-30-45(38-55(60)53-33-28-43-17-11-13-25-51(43)66(53)73)46-31-35-61-56(39-46)64-50-24-12-10-16-42(50)29-37-62(64)72(61)49-22-8-3-9-23-49/h1-41H. The molecule has 0 saturated heterocycles. The Morgan fingerprint density at radius 3 is 1.57 bits per heavy atom. The third-order valence-electron chi connectivity index (χ3n) is 15.2. The Hall–Kier alpha value is -9.62. The second-order valence-corrected chi connectivity index (χ2v) is 20.4. The Morgan fingerprint density at radius 1 is 0.311 bits per heavy atom. The number of thiophene rings is 1. The first-order valence-electron chi connectivity index (χ1n) is 25.1. The Balaban J connectivity index is 0.939. The molecule has 0 amide bonds. The fourth-order valence-electron chi connectivity index (χ4n) is 11.9. The highest BCUT2D eigenvalue weighted by Gasteiger charge is 2.23. The summed E-state index contributed by atoms with van der Waals surface area (Å²) in [6.07, 6.45) is 0. The fourth-order valence-corrected chi connectivity index (χ4v) is 13.0. The Kier molecular flexibility index (Phi) is 8.84. The number of hydrogen-bond acceptors (Lipinski definition) is 3. The van der Waals surface area contributed by atoms with E-state index in [0.717, 1.165) is 87.1 Å². The Bertz CT molecular complexity index is 4950. The van der Waals surface area contributed by atoms with Gasteiger partial charge in [0.1, 0.15) is 0 Å². The van der Waals surface area contributed by atoms with Crippen LogP contribution in [0.4, 0.5) is 0 Å². The predicted molar refractivity (Wildman–Crippen MR) is 312 cm³/mol. The van der Waals surface area contributed by atoms with Crippen molar-refractivity contribution in [1.82, 2.24) is 23.7 Å². The maximum atomic E-state index is 5.73. The van der Waals surface area contributed by atoms with Gasteiger partial charge in [0, 0.05) is 59.5 Å². The molecule has 0 spiro atoms. The first-order chi connectivity index (χ1) is 36.7. The normalized spacial score (nSPS) is 12.1. The van der Waals surface area contributed by atoms with Crippen molar-refractivity contribution in [2.45, 2.75) is 0 Å². The number of aromatic nitrogens is 5. The minimum atomic E-state index is 0.642. The topological polar surface area (TPSA) is 40.6 Å². The van der Waals surface area contributed by atoms with Crippen LogP contribution in [0, 0.1) is 0 Å². The molecule has 0 saturated carbocycles. The number of fused-ring (bicyclic) bond motifs is 14. The molecule has 0 fully saturated rings. The van der Waals surface area contributed by atoms with Crippen LogP contribution >= 0.6 is 11.3 Å². The van der Waals surface area contributed by atoms with Crippen molar-refractivity contribution >= 4 is 109 Å². The van der Waals surface area contributed by atoms with Crippen LogP contribution in [0.2, 0.25) is 0 Å². The van der Waals surface area contributed by atoms with Crippen LogP contribution < -0.4 is 0 Å². The summed E-state index contributed by atoms with van der Waals surface area (Å²) >= 11 is 1.76. The van der Waals surface area contributed by atoms with Crippen LogP contribution in [-0.2, 0) is 0 Å². The molecule has 0 unspecified atom stereocenters. The van der Waals surface area contributed by atoms with E-state index in [2.05, 4.69) is 262 Å². The van der Waals surface area contributed by atoms with Crippen molar-refractivity contribution in [3.8, 4) is 50.1 Å². The van der Waals surface area contributed by atoms with Crippen LogP contribution in [0.1, 0.15) is 0 Å². The van der Waals surface area contributed by atoms with Gasteiger partial charge in [-0.2, -0.15) is 0 Å². The van der Waals surface area contributed by atoms with Gasteiger partial charge in [-0.3, -0.25) is 4.57 Å². The van der Waals surface area contributed by atoms with Gasteiger partial charge in [0.25, 0.3) is 0 Å². The molecule has 5 heterocycles. The van der Waals surface area contributed by atoms with E-state index in [1.54, 1.807) is 11.3 Å². The van der Waals surface area contributed by atoms with E-state index < -0.39 is 0 Å². The average molecular weight is 960 g/mol. The zero-order valence-electron chi connectivity index (χ0n) is 39.8. The van der Waals surface area contributed by atoms with Gasteiger partial charge in [-0.05, 0) is 112 Å². The maximum Gasteiger partial charge on any atom is 0.235 e. The molecule has 0 aliphatic heterocycles. The van der Waals surface area contributed by atoms with Crippen molar-refractivity contribution in [1.29, 1.82) is 0 Å². The number of para-hydroxylation sites is 3. The Morgan fingerprint density at radius 2 is 0.824 bits per heavy atom. The highest BCUT2D eigenvalue weighted by Crippen LogP contribution is 2.45. The van der Waals surface area contributed by atoms with Crippen LogP contribution in [-0.4, -0.2) is 23.7 Å². The van der Waals surface area contributed by atoms with Gasteiger partial charge in [-0.25, -0.2) is 9.97 Å². The van der Waals surface area contributed by atoms with Crippen LogP contribution in [0.5, 0.6) is 0 Å². The van der Waals surface area contributed by atoms with Gasteiger partial charge >= 0.3 is 0 Å². The van der Waals surface area contributed by atoms with Crippen molar-refractivity contribution in [2.75, 3.05) is 0 Å². The highest BCUT2D eigenvalue weighted by atomic mass is 32.1. The molecule has 16 rings (SSSR count). The monoisotopic (exact) mass is 959 g/mol. The van der Waals surface area contributed by atoms with Crippen LogP contribution in [0.3, 0.4) is 0 Å². The SMILES string of the molecule is c1ccc(-c2cc3nc(-n4c5ccc(-c6ccc7c(c6)c6c8ccccc8ccc6n7-c6ccccc6)cc5c5ccc6ccccc6c54)nc(-c4ccc5c(c4)c4ccccc4n5-c4ccccc4)c3s2)cc1. The summed E-state index contributed by atoms with van der Waals surface area (Å²) in [5.74, 6) is 0.642. The fraction of sp³-hybridized carbons (Fsp3) is 0. The second kappa shape index (κ2) is 15.9. The molecule has 0 atom stereocenters. The van der Waals surface area contributed by atoms with E-state index in [-0.39, 0.29) is 0 Å². The van der Waals surface area contributed by atoms with Crippen LogP contribution in [0.15, 0.2) is 249 Å². The zero-order chi connectivity index (χ0) is 48.4. The summed E-state index contributed by atoms with van der Waals surface area (Å²) in [6, 6.07) is 90.3. The van der Waals surface area contributed by atoms with Crippen molar-refractivity contribution in [3.63, 3.8) is 0 Å². The van der Waals surface area contributed by atoms with Gasteiger partial charge < -0.3 is 9.13 Å². The molecular formula is C68H41N5S. The predicted octanol–water partition coefficient (Wildman–Crippen LogP) is 18.3. The van der Waals surface area contributed by atoms with E-state index >= 15 is 0 Å². The molecule has 0 aliphatic carbocycles. The van der Waals surface area contributed by atoms with E-state index in [1.165, 1.54) is 54.3 Å². The van der Waals surface area contributed by atoms with Crippen molar-refractivity contribution < 1.29 is 0 Å². The number of nitrogens with zero attached hydrogens (tertiary/aromatic N) is 5. The lowest BCUT2D eigenvalue weighted by atomic mass is 9.98. The minimum Gasteiger partial charge on any atom is -0.309 e. The number of benzene rings is 11. The van der Waals surface area contributed by atoms with E-state index in [0.29, 0.717) is 5.95 Å². The number of hydrogen-bond donors (Lipinski definition) is 0. The molecule has 11 aromatic carbocycles. The average Bonchev–Trinajstić information content (AvgIpc) is 4.27. The van der Waals surface area contributed by atoms with Gasteiger partial charge in [0.05, 0.1) is 49.0 Å². The van der Waals surface area contributed by atoms with Gasteiger partial charge in [0.15, 0.2) is 0 Å². The summed E-state index contributed by atoms with van der Waals surface area (Å²) in [4.78, 5) is 12.5. The molecular weight excluding hydrogens is 919 g/mol. The summed E-state index contributed by atoms with van der Waals surface area (Å²) in [6.45, 7) is 0. The summed E-state index contributed by atoms with van der Waals surface area (Å²) in [5, 5.41) is 12.0. The van der Waals surface area contributed by atoms with Gasteiger partial charge in [-0.1, -0.05) is 170 Å². The lowest BCUT2D eigenvalue weighted by Crippen LogP contribution is -2.03. The molecule has 74 heavy (non-hydrogen) atoms. The first-order valence-corrected chi connectivity index (χ1v) is 26.0. The molecule has 344 valence electrons. The lowest BCUT2D eigenvalue weighted by Gasteiger charge is -2.12. The van der Waals surface area contributed by atoms with Crippen molar-refractivity contribution in [3.05, 3.63) is 249 Å². The van der Waals surface area contributed by atoms with Gasteiger partial charge in [-0.15, -0.1) is 11.3 Å². The summed E-state index contributed by atoms with van der Waals surface area (Å²) in [7, 11) is 0. The molecule has 5 aromatic heterocycles. The summed E-state index contributed by atoms with van der Waals surface area (Å²) < 4.78 is 8.16. The molecule has 5 nitrogen and oxygen atoms in total. The molecule has 0 N–H and O–H groups in total. The lowest BCUT2D eigenvalue weighted by molar-refractivity contribution is 1.02. The van der Waals surface area contributed by atoms with E-state index in [4.69, 9.17) is 9.97 Å². The molecule has 16 aromatic rings. The quantitative estimate of drug-likeness (QED) is 0.167. The van der Waals surface area contributed by atoms with Crippen LogP contribution in [0.25, 0.3) is 147 Å². The highest BCUT2D eigenvalue weighted by molar-refractivity contribution is 7.22. The summed E-state index contributed by atoms with van der Waals surface area (Å²) in [5.41, 5.74) is 15.5. The molecule has 0 bridgehead atoms. The first kappa shape index (κ1) is 41.0. The smallest absolute Gasteiger partial charge is 0.235 e.